The fourth-order valence-corrected chi connectivity index (χ4v) is 6.31. The van der Waals surface area contributed by atoms with Crippen LogP contribution in [0.5, 0.6) is 0 Å². The summed E-state index contributed by atoms with van der Waals surface area (Å²) in [5, 5.41) is 0. The van der Waals surface area contributed by atoms with Crippen molar-refractivity contribution in [2.24, 2.45) is 0 Å². The highest BCUT2D eigenvalue weighted by Gasteiger charge is 2.55. The molecular formula is C3H9O9P3. The highest BCUT2D eigenvalue weighted by atomic mass is 31.3. The second kappa shape index (κ2) is 4.37. The first-order valence-corrected chi connectivity index (χ1v) is 7.80. The molecule has 0 amide bonds. The lowest BCUT2D eigenvalue weighted by molar-refractivity contribution is 0.130. The molecule has 0 aromatic carbocycles. The minimum atomic E-state index is -4.27. The maximum atomic E-state index is 11.5. The van der Waals surface area contributed by atoms with Gasteiger partial charge in [-0.25, -0.2) is 13.7 Å². The molecule has 1 rings (SSSR count). The lowest BCUT2D eigenvalue weighted by Crippen LogP contribution is -2.07. The van der Waals surface area contributed by atoms with E-state index in [2.05, 4.69) is 26.5 Å². The molecule has 0 radical (unpaired) electrons. The Balaban J connectivity index is 3.09. The molecule has 1 saturated heterocycles. The molecule has 15 heavy (non-hydrogen) atoms. The average Bonchev–Trinajstić information content (AvgIpc) is 2.16. The van der Waals surface area contributed by atoms with Gasteiger partial charge in [0.1, 0.15) is 0 Å². The monoisotopic (exact) mass is 282 g/mol. The van der Waals surface area contributed by atoms with Crippen LogP contribution >= 0.6 is 23.5 Å². The van der Waals surface area contributed by atoms with Crippen molar-refractivity contribution in [2.75, 3.05) is 21.3 Å². The van der Waals surface area contributed by atoms with Gasteiger partial charge in [0, 0.05) is 21.3 Å². The van der Waals surface area contributed by atoms with E-state index >= 15 is 0 Å². The Morgan fingerprint density at radius 3 is 1.00 bits per heavy atom. The molecule has 0 saturated carbocycles. The number of phosphoric acid groups is 3. The van der Waals surface area contributed by atoms with Crippen LogP contribution in [-0.4, -0.2) is 21.3 Å². The van der Waals surface area contributed by atoms with E-state index in [9.17, 15) is 13.7 Å². The molecule has 0 aliphatic carbocycles. The molecule has 12 heteroatoms. The second-order valence-corrected chi connectivity index (χ2v) is 7.87. The van der Waals surface area contributed by atoms with Crippen LogP contribution in [0.15, 0.2) is 0 Å². The van der Waals surface area contributed by atoms with Crippen LogP contribution < -0.4 is 0 Å². The third-order valence-electron chi connectivity index (χ3n) is 1.27. The number of hydrogen-bond acceptors (Lipinski definition) is 9. The van der Waals surface area contributed by atoms with Gasteiger partial charge in [0.15, 0.2) is 0 Å². The van der Waals surface area contributed by atoms with E-state index in [1.54, 1.807) is 0 Å². The Kier molecular flexibility index (Phi) is 3.94. The highest BCUT2D eigenvalue weighted by Crippen LogP contribution is 2.82. The standard InChI is InChI=1S/C3H9O9P3/c1-7-13(4)10-14(5,8-2)12-15(6,9-3)11-13/h1-3H3. The summed E-state index contributed by atoms with van der Waals surface area (Å²) in [4.78, 5) is 0. The van der Waals surface area contributed by atoms with Crippen LogP contribution in [0.4, 0.5) is 0 Å². The summed E-state index contributed by atoms with van der Waals surface area (Å²) < 4.78 is 60.4. The first kappa shape index (κ1) is 13.5. The van der Waals surface area contributed by atoms with Crippen molar-refractivity contribution in [1.29, 1.82) is 0 Å². The predicted molar refractivity (Wildman–Crippen MR) is 47.1 cm³/mol. The molecule has 9 nitrogen and oxygen atoms in total. The summed E-state index contributed by atoms with van der Waals surface area (Å²) in [6.07, 6.45) is 0. The van der Waals surface area contributed by atoms with Crippen LogP contribution in [0.2, 0.25) is 0 Å². The van der Waals surface area contributed by atoms with Crippen molar-refractivity contribution in [2.45, 2.75) is 0 Å². The molecule has 0 spiro atoms. The molecule has 1 fully saturated rings. The Labute approximate surface area is 85.8 Å². The van der Waals surface area contributed by atoms with Gasteiger partial charge in [-0.2, -0.15) is 12.9 Å². The quantitative estimate of drug-likeness (QED) is 0.720. The molecule has 0 aromatic rings. The van der Waals surface area contributed by atoms with Crippen LogP contribution in [0.1, 0.15) is 0 Å². The fourth-order valence-electron chi connectivity index (χ4n) is 0.612. The third-order valence-corrected chi connectivity index (χ3v) is 7.41. The zero-order valence-corrected chi connectivity index (χ0v) is 10.7. The first-order chi connectivity index (χ1) is 6.80. The summed E-state index contributed by atoms with van der Waals surface area (Å²) in [6, 6.07) is 0. The van der Waals surface area contributed by atoms with Crippen LogP contribution in [0, 0.1) is 0 Å². The molecule has 1 aliphatic heterocycles. The van der Waals surface area contributed by atoms with Gasteiger partial charge < -0.3 is 0 Å². The summed E-state index contributed by atoms with van der Waals surface area (Å²) in [7, 11) is -9.96. The van der Waals surface area contributed by atoms with Gasteiger partial charge in [-0.1, -0.05) is 0 Å². The van der Waals surface area contributed by atoms with Crippen molar-refractivity contribution in [1.82, 2.24) is 0 Å². The summed E-state index contributed by atoms with van der Waals surface area (Å²) in [5.41, 5.74) is 0. The van der Waals surface area contributed by atoms with Gasteiger partial charge in [-0.3, -0.25) is 13.6 Å². The van der Waals surface area contributed by atoms with Gasteiger partial charge in [-0.15, -0.1) is 0 Å². The van der Waals surface area contributed by atoms with Crippen molar-refractivity contribution >= 4 is 23.5 Å². The Morgan fingerprint density at radius 2 is 0.867 bits per heavy atom. The number of hydrogen-bond donors (Lipinski definition) is 0. The predicted octanol–water partition coefficient (Wildman–Crippen LogP) is 2.31. The van der Waals surface area contributed by atoms with E-state index in [1.165, 1.54) is 0 Å². The molecule has 90 valence electrons. The Hall–Kier alpha value is 0.450. The third kappa shape index (κ3) is 2.97. The molecule has 1 aliphatic rings. The van der Waals surface area contributed by atoms with Crippen molar-refractivity contribution < 1.29 is 40.2 Å². The van der Waals surface area contributed by atoms with Crippen molar-refractivity contribution in [3.8, 4) is 0 Å². The SMILES string of the molecule is COP1(=O)OP(=O)(OC)OP(=O)(OC)O1. The van der Waals surface area contributed by atoms with E-state index in [0.717, 1.165) is 21.3 Å². The molecule has 0 N–H and O–H groups in total. The van der Waals surface area contributed by atoms with Gasteiger partial charge in [0.2, 0.25) is 0 Å². The normalized spacial score (nSPS) is 46.6. The second-order valence-electron chi connectivity index (χ2n) is 2.13. The fraction of sp³-hybridized carbons (Fsp3) is 1.00. The van der Waals surface area contributed by atoms with E-state index in [0.29, 0.717) is 0 Å². The summed E-state index contributed by atoms with van der Waals surface area (Å²) in [6.45, 7) is 0. The minimum absolute atomic E-state index is 0.950. The zero-order chi connectivity index (χ0) is 11.7. The van der Waals surface area contributed by atoms with Gasteiger partial charge >= 0.3 is 23.5 Å². The molecular weight excluding hydrogens is 273 g/mol. The van der Waals surface area contributed by atoms with Crippen LogP contribution in [-0.2, 0) is 40.2 Å². The lowest BCUT2D eigenvalue weighted by atomic mass is 11.8. The molecule has 0 atom stereocenters. The van der Waals surface area contributed by atoms with Crippen LogP contribution in [0.3, 0.4) is 0 Å². The van der Waals surface area contributed by atoms with Gasteiger partial charge in [0.05, 0.1) is 0 Å². The average molecular weight is 282 g/mol. The zero-order valence-electron chi connectivity index (χ0n) is 8.02. The van der Waals surface area contributed by atoms with E-state index < -0.39 is 23.5 Å². The molecule has 1 heterocycles. The largest absolute Gasteiger partial charge is 0.492 e. The Morgan fingerprint density at radius 1 is 0.667 bits per heavy atom. The summed E-state index contributed by atoms with van der Waals surface area (Å²) >= 11 is 0. The molecule has 0 aromatic heterocycles. The summed E-state index contributed by atoms with van der Waals surface area (Å²) in [5.74, 6) is 0. The topological polar surface area (TPSA) is 107 Å². The van der Waals surface area contributed by atoms with Crippen LogP contribution in [0.25, 0.3) is 0 Å². The minimum Gasteiger partial charge on any atom is -0.290 e. The maximum absolute atomic E-state index is 11.5. The molecule has 0 unspecified atom stereocenters. The molecule has 0 bridgehead atoms. The smallest absolute Gasteiger partial charge is 0.290 e. The number of rotatable bonds is 3. The van der Waals surface area contributed by atoms with Gasteiger partial charge in [0.25, 0.3) is 0 Å². The van der Waals surface area contributed by atoms with E-state index in [1.807, 2.05) is 0 Å². The Bertz CT molecular complexity index is 300. The maximum Gasteiger partial charge on any atom is 0.492 e. The van der Waals surface area contributed by atoms with E-state index in [4.69, 9.17) is 0 Å². The van der Waals surface area contributed by atoms with Gasteiger partial charge in [-0.05, 0) is 0 Å². The van der Waals surface area contributed by atoms with Crippen molar-refractivity contribution in [3.05, 3.63) is 0 Å². The highest BCUT2D eigenvalue weighted by molar-refractivity contribution is 7.75. The van der Waals surface area contributed by atoms with Crippen molar-refractivity contribution in [3.63, 3.8) is 0 Å². The first-order valence-electron chi connectivity index (χ1n) is 3.42. The lowest BCUT2D eigenvalue weighted by Gasteiger charge is -2.29. The van der Waals surface area contributed by atoms with E-state index in [-0.39, 0.29) is 0 Å².